The summed E-state index contributed by atoms with van der Waals surface area (Å²) < 4.78 is 0. The summed E-state index contributed by atoms with van der Waals surface area (Å²) in [6.45, 7) is 13.9. The van der Waals surface area contributed by atoms with E-state index in [0.29, 0.717) is 30.0 Å². The molecular weight excluding hydrogens is 1070 g/mol. The van der Waals surface area contributed by atoms with Gasteiger partial charge in [-0.15, -0.1) is 11.3 Å². The minimum atomic E-state index is -0.837. The van der Waals surface area contributed by atoms with Crippen molar-refractivity contribution in [3.8, 4) is 21.7 Å². The molecule has 0 spiro atoms. The first-order valence-corrected chi connectivity index (χ1v) is 31.0. The van der Waals surface area contributed by atoms with Gasteiger partial charge in [-0.25, -0.2) is 15.0 Å². The normalized spacial score (nSPS) is 15.8. The van der Waals surface area contributed by atoms with Crippen LogP contribution in [0.15, 0.2) is 109 Å². The number of hydrogen-bond donors (Lipinski definition) is 5. The van der Waals surface area contributed by atoms with Gasteiger partial charge < -0.3 is 36.2 Å². The van der Waals surface area contributed by atoms with Crippen LogP contribution in [0.2, 0.25) is 0 Å². The lowest BCUT2D eigenvalue weighted by molar-refractivity contribution is -0.144. The summed E-state index contributed by atoms with van der Waals surface area (Å²) in [5.41, 5.74) is 9.96. The number of amides is 5. The molecule has 5 N–H and O–H groups in total. The summed E-state index contributed by atoms with van der Waals surface area (Å²) >= 11 is 1.59. The smallest absolute Gasteiger partial charge is 0.255 e. The van der Waals surface area contributed by atoms with E-state index in [1.165, 1.54) is 37.0 Å². The van der Waals surface area contributed by atoms with Crippen LogP contribution in [0.1, 0.15) is 150 Å². The van der Waals surface area contributed by atoms with Crippen molar-refractivity contribution in [1.29, 1.82) is 0 Å². The summed E-state index contributed by atoms with van der Waals surface area (Å²) in [6, 6.07) is 25.4. The molecule has 84 heavy (non-hydrogen) atoms. The van der Waals surface area contributed by atoms with Crippen molar-refractivity contribution in [2.24, 2.45) is 5.41 Å². The Balaban J connectivity index is 0.627. The van der Waals surface area contributed by atoms with Gasteiger partial charge in [0.2, 0.25) is 29.6 Å². The molecule has 3 atom stereocenters. The number of aryl methyl sites for hydroxylation is 2. The number of pyridine rings is 1. The average molecular weight is 1160 g/mol. The molecule has 0 unspecified atom stereocenters. The number of carbonyl (C=O) groups excluding carboxylic acids is 5. The van der Waals surface area contributed by atoms with Crippen LogP contribution in [-0.2, 0) is 32.3 Å². The number of aliphatic hydroxyl groups is 1. The first-order valence-electron chi connectivity index (χ1n) is 30.1. The number of carbonyl (C=O) groups is 5. The largest absolute Gasteiger partial charge is 0.391 e. The number of nitrogens with zero attached hydrogens (tertiary/aromatic N) is 7. The monoisotopic (exact) mass is 1160 g/mol. The van der Waals surface area contributed by atoms with Crippen LogP contribution in [0.25, 0.3) is 21.7 Å². The SMILES string of the molecule is Cc1ccc(NC(=O)c2ccc(CN3CCN(C(=O)CCCCCCCCCCCCCCC(=O)N[C@H](C(=O)N4C[C@H](O)C[C@H]4C(=O)NCc4ccc(-c5scnc5C)cc4)C(C)(C)C)CC3)cc2)cc1Nc1nccc(-c2cccnc2)n1. The molecule has 5 heterocycles. The third-order valence-electron chi connectivity index (χ3n) is 16.0. The van der Waals surface area contributed by atoms with Gasteiger partial charge in [0.15, 0.2) is 0 Å². The maximum absolute atomic E-state index is 14.0. The molecule has 2 aliphatic heterocycles. The lowest BCUT2D eigenvalue weighted by atomic mass is 9.85. The van der Waals surface area contributed by atoms with E-state index in [0.717, 1.165) is 127 Å². The van der Waals surface area contributed by atoms with Crippen molar-refractivity contribution in [2.75, 3.05) is 43.4 Å². The van der Waals surface area contributed by atoms with E-state index in [1.807, 2.05) is 130 Å². The van der Waals surface area contributed by atoms with E-state index >= 15 is 0 Å². The number of unbranched alkanes of at least 4 members (excludes halogenated alkanes) is 11. The Hall–Kier alpha value is -7.41. The van der Waals surface area contributed by atoms with Crippen LogP contribution in [0.5, 0.6) is 0 Å². The number of rotatable bonds is 28. The maximum Gasteiger partial charge on any atom is 0.255 e. The molecule has 0 radical (unpaired) electrons. The van der Waals surface area contributed by atoms with Crippen LogP contribution in [0, 0.1) is 19.3 Å². The lowest BCUT2D eigenvalue weighted by Gasteiger charge is -2.35. The highest BCUT2D eigenvalue weighted by Gasteiger charge is 2.44. The number of aromatic nitrogens is 4. The molecule has 2 saturated heterocycles. The van der Waals surface area contributed by atoms with Gasteiger partial charge >= 0.3 is 0 Å². The van der Waals surface area contributed by atoms with Gasteiger partial charge in [-0.2, -0.15) is 0 Å². The van der Waals surface area contributed by atoms with Crippen LogP contribution in [0.3, 0.4) is 0 Å². The number of aliphatic hydroxyl groups excluding tert-OH is 1. The first-order chi connectivity index (χ1) is 40.6. The predicted octanol–water partition coefficient (Wildman–Crippen LogP) is 11.2. The molecule has 6 aromatic rings. The molecule has 0 saturated carbocycles. The highest BCUT2D eigenvalue weighted by molar-refractivity contribution is 7.13. The van der Waals surface area contributed by atoms with Gasteiger partial charge in [-0.05, 0) is 96.8 Å². The zero-order chi connectivity index (χ0) is 59.4. The van der Waals surface area contributed by atoms with Gasteiger partial charge in [0.05, 0.1) is 27.9 Å². The molecule has 8 rings (SSSR count). The minimum absolute atomic E-state index is 0.0408. The summed E-state index contributed by atoms with van der Waals surface area (Å²) in [6.07, 6.45) is 18.5. The Labute approximate surface area is 499 Å². The second kappa shape index (κ2) is 30.9. The third kappa shape index (κ3) is 18.5. The van der Waals surface area contributed by atoms with Crippen molar-refractivity contribution >= 4 is 58.2 Å². The minimum Gasteiger partial charge on any atom is -0.391 e. The van der Waals surface area contributed by atoms with Gasteiger partial charge in [0.1, 0.15) is 12.1 Å². The van der Waals surface area contributed by atoms with Crippen LogP contribution < -0.4 is 21.3 Å². The summed E-state index contributed by atoms with van der Waals surface area (Å²) in [7, 11) is 0. The number of thiazole rings is 1. The number of anilines is 3. The molecule has 17 nitrogen and oxygen atoms in total. The summed E-state index contributed by atoms with van der Waals surface area (Å²) in [5.74, 6) is -0.344. The number of likely N-dealkylation sites (tertiary alicyclic amines) is 1. The van der Waals surface area contributed by atoms with E-state index in [2.05, 4.69) is 46.1 Å². The zero-order valence-corrected chi connectivity index (χ0v) is 50.5. The molecule has 3 aromatic heterocycles. The molecule has 0 bridgehead atoms. The fourth-order valence-corrected chi connectivity index (χ4v) is 11.7. The topological polar surface area (TPSA) is 215 Å². The second-order valence-corrected chi connectivity index (χ2v) is 24.5. The van der Waals surface area contributed by atoms with E-state index in [9.17, 15) is 29.1 Å². The van der Waals surface area contributed by atoms with Crippen LogP contribution in [-0.4, -0.2) is 120 Å². The Morgan fingerprint density at radius 3 is 2.05 bits per heavy atom. The van der Waals surface area contributed by atoms with E-state index in [-0.39, 0.29) is 49.0 Å². The van der Waals surface area contributed by atoms with Crippen LogP contribution in [0.4, 0.5) is 17.3 Å². The van der Waals surface area contributed by atoms with Crippen molar-refractivity contribution < 1.29 is 29.1 Å². The molecule has 5 amide bonds. The van der Waals surface area contributed by atoms with Gasteiger partial charge in [-0.3, -0.25) is 33.9 Å². The van der Waals surface area contributed by atoms with E-state index in [1.54, 1.807) is 29.9 Å². The fourth-order valence-electron chi connectivity index (χ4n) is 10.9. The number of nitrogens with one attached hydrogen (secondary N) is 4. The predicted molar refractivity (Wildman–Crippen MR) is 332 cm³/mol. The van der Waals surface area contributed by atoms with Gasteiger partial charge in [0.25, 0.3) is 5.91 Å². The number of hydrogen-bond acceptors (Lipinski definition) is 13. The Morgan fingerprint density at radius 1 is 0.738 bits per heavy atom. The standard InChI is InChI=1S/C66H85N11O6S/c1-46-22-31-53(39-56(46)73-65-68-34-32-55(72-65)52-19-18-33-67-42-52)71-62(81)51-29-25-49(26-30-51)43-75-35-37-76(38-36-75)59(80)21-17-15-13-11-9-7-6-8-10-12-14-16-20-58(79)74-61(66(3,4)5)64(83)77-44-54(78)40-57(77)63(82)69-41-48-23-27-50(28-24-48)60-47(2)70-45-84-60/h18-19,22-34,39,42,45,54,57,61,78H,6-17,20-21,35-38,40-41,43-44H2,1-5H3,(H,69,82)(H,71,81)(H,74,79)(H,68,72,73)/t54-,57+,61-/m1/s1. The molecule has 2 fully saturated rings. The first kappa shape index (κ1) is 62.6. The molecule has 446 valence electrons. The summed E-state index contributed by atoms with van der Waals surface area (Å²) in [4.78, 5) is 91.6. The second-order valence-electron chi connectivity index (χ2n) is 23.7. The number of piperazine rings is 1. The zero-order valence-electron chi connectivity index (χ0n) is 49.7. The molecule has 18 heteroatoms. The summed E-state index contributed by atoms with van der Waals surface area (Å²) in [5, 5.41) is 22.9. The highest BCUT2D eigenvalue weighted by Crippen LogP contribution is 2.30. The molecule has 3 aromatic carbocycles. The Morgan fingerprint density at radius 2 is 1.40 bits per heavy atom. The van der Waals surface area contributed by atoms with Gasteiger partial charge in [-0.1, -0.05) is 127 Å². The van der Waals surface area contributed by atoms with E-state index < -0.39 is 23.6 Å². The molecular formula is C66H85N11O6S. The molecule has 0 aliphatic carbocycles. The van der Waals surface area contributed by atoms with Gasteiger partial charge in [0, 0.05) is 106 Å². The Kier molecular flexibility index (Phi) is 23.1. The van der Waals surface area contributed by atoms with E-state index in [4.69, 9.17) is 0 Å². The fraction of sp³-hybridized carbons (Fsp3) is 0.470. The Bertz CT molecular complexity index is 3100. The third-order valence-corrected chi connectivity index (χ3v) is 16.9. The highest BCUT2D eigenvalue weighted by atomic mass is 32.1. The van der Waals surface area contributed by atoms with Crippen molar-refractivity contribution in [1.82, 2.24) is 45.3 Å². The molecule has 2 aliphatic rings. The lowest BCUT2D eigenvalue weighted by Crippen LogP contribution is -2.57. The van der Waals surface area contributed by atoms with Crippen molar-refractivity contribution in [3.63, 3.8) is 0 Å². The quantitative estimate of drug-likeness (QED) is 0.0290. The average Bonchev–Trinajstić information content (AvgIpc) is 3.96. The van der Waals surface area contributed by atoms with Crippen LogP contribution >= 0.6 is 11.3 Å². The number of β-amino-alcohol motifs (C(OH)–C–C–N with tert-alkyl or cyclic N) is 1. The van der Waals surface area contributed by atoms with Crippen molar-refractivity contribution in [3.05, 3.63) is 137 Å². The van der Waals surface area contributed by atoms with Crippen molar-refractivity contribution in [2.45, 2.75) is 162 Å². The maximum atomic E-state index is 14.0. The number of benzene rings is 3.